The average Bonchev–Trinajstić information content (AvgIpc) is 2.68. The molecule has 0 fully saturated rings. The molecular formula is C23H22N4O2. The molecule has 0 atom stereocenters. The highest BCUT2D eigenvalue weighted by Crippen LogP contribution is 2.34. The number of phenolic OH excluding ortho intramolecular Hbond substituents is 1. The van der Waals surface area contributed by atoms with Gasteiger partial charge in [0.25, 0.3) is 0 Å². The highest BCUT2D eigenvalue weighted by atomic mass is 16.5. The second-order valence-electron chi connectivity index (χ2n) is 6.97. The van der Waals surface area contributed by atoms with Gasteiger partial charge < -0.3 is 15.6 Å². The van der Waals surface area contributed by atoms with Crippen LogP contribution in [0.5, 0.6) is 11.5 Å². The minimum atomic E-state index is 0.226. The first-order chi connectivity index (χ1) is 14.0. The van der Waals surface area contributed by atoms with Crippen molar-refractivity contribution in [2.75, 3.05) is 12.3 Å². The molecule has 0 spiro atoms. The summed E-state index contributed by atoms with van der Waals surface area (Å²) >= 11 is 0. The standard InChI is InChI=1S/C23H22N4O2/c1-4-29-17-6-8-20-19(12-17)22(24)18-7-5-15(11-21(18)25-20)26-27-23-13(2)9-16(28)10-14(23)3/h5-12,28H,4H2,1-3H3,(H2,24,25). The second kappa shape index (κ2) is 7.39. The number of rotatable bonds is 4. The van der Waals surface area contributed by atoms with Crippen molar-refractivity contribution >= 4 is 38.9 Å². The van der Waals surface area contributed by atoms with Crippen molar-refractivity contribution in [2.24, 2.45) is 10.2 Å². The van der Waals surface area contributed by atoms with Crippen LogP contribution >= 0.6 is 0 Å². The number of benzene rings is 3. The van der Waals surface area contributed by atoms with E-state index in [0.29, 0.717) is 18.0 Å². The summed E-state index contributed by atoms with van der Waals surface area (Å²) in [7, 11) is 0. The predicted molar refractivity (Wildman–Crippen MR) is 117 cm³/mol. The number of azo groups is 1. The van der Waals surface area contributed by atoms with Gasteiger partial charge in [-0.3, -0.25) is 0 Å². The molecule has 6 nitrogen and oxygen atoms in total. The van der Waals surface area contributed by atoms with Crippen molar-refractivity contribution in [2.45, 2.75) is 20.8 Å². The maximum Gasteiger partial charge on any atom is 0.120 e. The molecule has 0 bridgehead atoms. The lowest BCUT2D eigenvalue weighted by atomic mass is 10.1. The minimum absolute atomic E-state index is 0.226. The number of aromatic nitrogens is 1. The Labute approximate surface area is 168 Å². The van der Waals surface area contributed by atoms with Gasteiger partial charge in [0.05, 0.1) is 34.7 Å². The van der Waals surface area contributed by atoms with E-state index in [0.717, 1.165) is 44.4 Å². The Morgan fingerprint density at radius 3 is 2.41 bits per heavy atom. The largest absolute Gasteiger partial charge is 0.508 e. The molecule has 0 aliphatic heterocycles. The normalized spacial score (nSPS) is 11.6. The molecular weight excluding hydrogens is 364 g/mol. The number of nitrogens with zero attached hydrogens (tertiary/aromatic N) is 3. The molecule has 4 aromatic rings. The van der Waals surface area contributed by atoms with Gasteiger partial charge in [0, 0.05) is 10.8 Å². The van der Waals surface area contributed by atoms with Gasteiger partial charge >= 0.3 is 0 Å². The summed E-state index contributed by atoms with van der Waals surface area (Å²) in [5.41, 5.74) is 11.8. The van der Waals surface area contributed by atoms with Crippen molar-refractivity contribution in [3.8, 4) is 11.5 Å². The van der Waals surface area contributed by atoms with Gasteiger partial charge in [0.1, 0.15) is 11.5 Å². The van der Waals surface area contributed by atoms with Crippen molar-refractivity contribution in [3.63, 3.8) is 0 Å². The summed E-state index contributed by atoms with van der Waals surface area (Å²) in [5, 5.41) is 20.2. The van der Waals surface area contributed by atoms with E-state index in [9.17, 15) is 5.11 Å². The molecule has 0 aliphatic rings. The van der Waals surface area contributed by atoms with Crippen LogP contribution in [0.4, 0.5) is 17.1 Å². The van der Waals surface area contributed by atoms with Crippen LogP contribution in [-0.2, 0) is 0 Å². The van der Waals surface area contributed by atoms with E-state index in [1.165, 1.54) is 0 Å². The minimum Gasteiger partial charge on any atom is -0.508 e. The number of fused-ring (bicyclic) bond motifs is 2. The number of aromatic hydroxyl groups is 1. The molecule has 3 aromatic carbocycles. The number of hydrogen-bond donors (Lipinski definition) is 2. The molecule has 0 saturated carbocycles. The van der Waals surface area contributed by atoms with Gasteiger partial charge in [-0.25, -0.2) is 4.98 Å². The average molecular weight is 386 g/mol. The Kier molecular flexibility index (Phi) is 4.76. The zero-order valence-corrected chi connectivity index (χ0v) is 16.6. The van der Waals surface area contributed by atoms with Crippen LogP contribution in [0, 0.1) is 13.8 Å². The Morgan fingerprint density at radius 1 is 0.931 bits per heavy atom. The number of anilines is 1. The quantitative estimate of drug-likeness (QED) is 0.327. The fraction of sp³-hybridized carbons (Fsp3) is 0.174. The molecule has 1 aromatic heterocycles. The Hall–Kier alpha value is -3.67. The Bertz CT molecular complexity index is 1240. The molecule has 0 radical (unpaired) electrons. The van der Waals surface area contributed by atoms with E-state index < -0.39 is 0 Å². The summed E-state index contributed by atoms with van der Waals surface area (Å²) in [6.07, 6.45) is 0. The molecule has 4 rings (SSSR count). The van der Waals surface area contributed by atoms with E-state index in [1.807, 2.05) is 57.2 Å². The van der Waals surface area contributed by atoms with Gasteiger partial charge in [-0.05, 0) is 80.4 Å². The topological polar surface area (TPSA) is 93.1 Å². The lowest BCUT2D eigenvalue weighted by molar-refractivity contribution is 0.341. The van der Waals surface area contributed by atoms with E-state index in [4.69, 9.17) is 15.5 Å². The lowest BCUT2D eigenvalue weighted by Crippen LogP contribution is -1.95. The monoisotopic (exact) mass is 386 g/mol. The van der Waals surface area contributed by atoms with E-state index >= 15 is 0 Å². The first-order valence-electron chi connectivity index (χ1n) is 9.44. The molecule has 0 unspecified atom stereocenters. The third-order valence-electron chi connectivity index (χ3n) is 4.82. The van der Waals surface area contributed by atoms with Crippen molar-refractivity contribution in [3.05, 3.63) is 59.7 Å². The molecule has 146 valence electrons. The van der Waals surface area contributed by atoms with Crippen LogP contribution in [0.3, 0.4) is 0 Å². The van der Waals surface area contributed by atoms with Crippen LogP contribution in [-0.4, -0.2) is 16.7 Å². The number of nitrogens with two attached hydrogens (primary N) is 1. The second-order valence-corrected chi connectivity index (χ2v) is 6.97. The van der Waals surface area contributed by atoms with Gasteiger partial charge in [0.2, 0.25) is 0 Å². The first kappa shape index (κ1) is 18.7. The van der Waals surface area contributed by atoms with E-state index in [-0.39, 0.29) is 5.75 Å². The highest BCUT2D eigenvalue weighted by Gasteiger charge is 2.09. The van der Waals surface area contributed by atoms with Crippen molar-refractivity contribution in [1.82, 2.24) is 4.98 Å². The molecule has 6 heteroatoms. The molecule has 29 heavy (non-hydrogen) atoms. The highest BCUT2D eigenvalue weighted by molar-refractivity contribution is 6.07. The SMILES string of the molecule is CCOc1ccc2nc3cc(N=Nc4c(C)cc(O)cc4C)ccc3c(N)c2c1. The maximum atomic E-state index is 9.68. The molecule has 3 N–H and O–H groups in total. The third-order valence-corrected chi connectivity index (χ3v) is 4.82. The molecule has 0 aliphatic carbocycles. The van der Waals surface area contributed by atoms with Crippen LogP contribution in [0.1, 0.15) is 18.1 Å². The smallest absolute Gasteiger partial charge is 0.120 e. The van der Waals surface area contributed by atoms with Crippen molar-refractivity contribution in [1.29, 1.82) is 0 Å². The fourth-order valence-corrected chi connectivity index (χ4v) is 3.46. The fourth-order valence-electron chi connectivity index (χ4n) is 3.46. The van der Waals surface area contributed by atoms with Gasteiger partial charge in [-0.2, -0.15) is 10.2 Å². The summed E-state index contributed by atoms with van der Waals surface area (Å²) < 4.78 is 5.57. The maximum absolute atomic E-state index is 9.68. The summed E-state index contributed by atoms with van der Waals surface area (Å²) in [4.78, 5) is 4.73. The number of ether oxygens (including phenoxy) is 1. The van der Waals surface area contributed by atoms with Crippen LogP contribution in [0.2, 0.25) is 0 Å². The van der Waals surface area contributed by atoms with Gasteiger partial charge in [-0.15, -0.1) is 0 Å². The number of phenols is 1. The number of pyridine rings is 1. The predicted octanol–water partition coefficient (Wildman–Crippen LogP) is 6.11. The van der Waals surface area contributed by atoms with Gasteiger partial charge in [-0.1, -0.05) is 0 Å². The molecule has 0 amide bonds. The summed E-state index contributed by atoms with van der Waals surface area (Å²) in [5.74, 6) is 1.00. The third kappa shape index (κ3) is 3.57. The van der Waals surface area contributed by atoms with E-state index in [2.05, 4.69) is 10.2 Å². The Morgan fingerprint density at radius 2 is 1.69 bits per heavy atom. The lowest BCUT2D eigenvalue weighted by Gasteiger charge is -2.09. The van der Waals surface area contributed by atoms with Crippen LogP contribution in [0.25, 0.3) is 21.8 Å². The zero-order chi connectivity index (χ0) is 20.5. The number of nitrogen functional groups attached to an aromatic ring is 1. The van der Waals surface area contributed by atoms with Crippen molar-refractivity contribution < 1.29 is 9.84 Å². The summed E-state index contributed by atoms with van der Waals surface area (Å²) in [6.45, 7) is 6.34. The molecule has 0 saturated heterocycles. The van der Waals surface area contributed by atoms with Crippen LogP contribution < -0.4 is 10.5 Å². The van der Waals surface area contributed by atoms with Crippen LogP contribution in [0.15, 0.2) is 58.8 Å². The number of hydrogen-bond acceptors (Lipinski definition) is 6. The molecule has 1 heterocycles. The van der Waals surface area contributed by atoms with E-state index in [1.54, 1.807) is 12.1 Å². The summed E-state index contributed by atoms with van der Waals surface area (Å²) in [6, 6.07) is 14.7. The zero-order valence-electron chi connectivity index (χ0n) is 16.6. The van der Waals surface area contributed by atoms with Gasteiger partial charge in [0.15, 0.2) is 0 Å². The number of aryl methyl sites for hydroxylation is 2. The Balaban J connectivity index is 1.76. The first-order valence-corrected chi connectivity index (χ1v) is 9.44.